The van der Waals surface area contributed by atoms with Crippen molar-refractivity contribution in [2.24, 2.45) is 17.8 Å². The van der Waals surface area contributed by atoms with Crippen LogP contribution in [-0.4, -0.2) is 60.8 Å². The highest BCUT2D eigenvalue weighted by Crippen LogP contribution is 2.47. The van der Waals surface area contributed by atoms with Crippen molar-refractivity contribution in [2.75, 3.05) is 45.0 Å². The van der Waals surface area contributed by atoms with E-state index in [-0.39, 0.29) is 6.79 Å². The molecule has 4 aliphatic rings. The third kappa shape index (κ3) is 3.42. The van der Waals surface area contributed by atoms with Crippen molar-refractivity contribution in [2.45, 2.75) is 18.9 Å². The standard InChI is InChI=1S/C22H26N4O3/c1-3-19-20(29-13-28-19)9-15(1)18-2-4-21(25-24-18)23-22-16-11-26(12-17(16)22)10-14-5-7-27-8-6-14/h1-4,9,14,16-17,22H,5-8,10-13H2,(H,23,25)/t16-,17+,22?. The van der Waals surface area contributed by atoms with Crippen LogP contribution in [0.15, 0.2) is 30.3 Å². The maximum atomic E-state index is 5.48. The van der Waals surface area contributed by atoms with E-state index in [9.17, 15) is 0 Å². The molecular formula is C22H26N4O3. The van der Waals surface area contributed by atoms with Gasteiger partial charge in [0.05, 0.1) is 5.69 Å². The zero-order valence-electron chi connectivity index (χ0n) is 16.4. The van der Waals surface area contributed by atoms with Crippen molar-refractivity contribution in [3.63, 3.8) is 0 Å². The quantitative estimate of drug-likeness (QED) is 0.836. The summed E-state index contributed by atoms with van der Waals surface area (Å²) in [7, 11) is 0. The second-order valence-corrected chi connectivity index (χ2v) is 8.64. The first-order valence-electron chi connectivity index (χ1n) is 10.6. The Hall–Kier alpha value is -2.38. The van der Waals surface area contributed by atoms with E-state index < -0.39 is 0 Å². The van der Waals surface area contributed by atoms with Crippen LogP contribution < -0.4 is 14.8 Å². The number of ether oxygens (including phenoxy) is 3. The highest BCUT2D eigenvalue weighted by atomic mass is 16.7. The lowest BCUT2D eigenvalue weighted by atomic mass is 10.00. The zero-order chi connectivity index (χ0) is 19.2. The first-order valence-corrected chi connectivity index (χ1v) is 10.6. The Morgan fingerprint density at radius 1 is 0.966 bits per heavy atom. The van der Waals surface area contributed by atoms with Crippen LogP contribution in [0.4, 0.5) is 5.82 Å². The number of nitrogens with one attached hydrogen (secondary N) is 1. The maximum Gasteiger partial charge on any atom is 0.231 e. The molecule has 4 heterocycles. The van der Waals surface area contributed by atoms with Crippen LogP contribution in [0.25, 0.3) is 11.3 Å². The summed E-state index contributed by atoms with van der Waals surface area (Å²) in [6.45, 7) is 5.83. The van der Waals surface area contributed by atoms with Gasteiger partial charge in [-0.25, -0.2) is 0 Å². The number of benzene rings is 1. The van der Waals surface area contributed by atoms with Crippen LogP contribution in [0.3, 0.4) is 0 Å². The average Bonchev–Trinajstić information content (AvgIpc) is 3.13. The lowest BCUT2D eigenvalue weighted by Gasteiger charge is -2.28. The number of rotatable bonds is 5. The van der Waals surface area contributed by atoms with Crippen molar-refractivity contribution >= 4 is 5.82 Å². The lowest BCUT2D eigenvalue weighted by molar-refractivity contribution is 0.0540. The van der Waals surface area contributed by atoms with E-state index in [1.54, 1.807) is 0 Å². The number of anilines is 1. The van der Waals surface area contributed by atoms with E-state index in [1.165, 1.54) is 32.5 Å². The summed E-state index contributed by atoms with van der Waals surface area (Å²) in [5.74, 6) is 4.75. The highest BCUT2D eigenvalue weighted by molar-refractivity contribution is 5.64. The molecule has 1 aromatic heterocycles. The summed E-state index contributed by atoms with van der Waals surface area (Å²) in [4.78, 5) is 2.65. The van der Waals surface area contributed by atoms with Crippen LogP contribution in [0.1, 0.15) is 12.8 Å². The summed E-state index contributed by atoms with van der Waals surface area (Å²) in [6.07, 6.45) is 2.44. The van der Waals surface area contributed by atoms with Gasteiger partial charge in [-0.3, -0.25) is 0 Å². The van der Waals surface area contributed by atoms with Crippen molar-refractivity contribution < 1.29 is 14.2 Å². The van der Waals surface area contributed by atoms with E-state index in [4.69, 9.17) is 14.2 Å². The van der Waals surface area contributed by atoms with Gasteiger partial charge in [-0.2, -0.15) is 0 Å². The Labute approximate surface area is 170 Å². The van der Waals surface area contributed by atoms with E-state index in [2.05, 4.69) is 20.4 Å². The summed E-state index contributed by atoms with van der Waals surface area (Å²) < 4.78 is 16.3. The predicted molar refractivity (Wildman–Crippen MR) is 108 cm³/mol. The van der Waals surface area contributed by atoms with Gasteiger partial charge in [-0.15, -0.1) is 10.2 Å². The number of likely N-dealkylation sites (tertiary alicyclic amines) is 1. The molecule has 3 atom stereocenters. The van der Waals surface area contributed by atoms with E-state index >= 15 is 0 Å². The molecule has 6 rings (SSSR count). The van der Waals surface area contributed by atoms with Gasteiger partial charge in [-0.05, 0) is 60.9 Å². The van der Waals surface area contributed by atoms with E-state index in [0.717, 1.165) is 59.5 Å². The van der Waals surface area contributed by atoms with Crippen molar-refractivity contribution in [3.8, 4) is 22.8 Å². The van der Waals surface area contributed by atoms with Crippen LogP contribution in [0.5, 0.6) is 11.5 Å². The molecule has 29 heavy (non-hydrogen) atoms. The molecule has 7 nitrogen and oxygen atoms in total. The molecule has 0 amide bonds. The first kappa shape index (κ1) is 17.5. The third-order valence-electron chi connectivity index (χ3n) is 6.77. The topological polar surface area (TPSA) is 68.7 Å². The molecule has 3 fully saturated rings. The molecule has 1 aliphatic carbocycles. The van der Waals surface area contributed by atoms with Crippen LogP contribution in [0, 0.1) is 17.8 Å². The minimum atomic E-state index is 0.281. The Bertz CT molecular complexity index is 872. The summed E-state index contributed by atoms with van der Waals surface area (Å²) >= 11 is 0. The normalized spacial score (nSPS) is 28.3. The largest absolute Gasteiger partial charge is 0.454 e. The molecule has 3 aliphatic heterocycles. The minimum absolute atomic E-state index is 0.281. The van der Waals surface area contributed by atoms with Crippen LogP contribution in [0.2, 0.25) is 0 Å². The number of piperidine rings is 1. The number of hydrogen-bond acceptors (Lipinski definition) is 7. The summed E-state index contributed by atoms with van der Waals surface area (Å²) in [5, 5.41) is 12.4. The van der Waals surface area contributed by atoms with E-state index in [1.807, 2.05) is 30.3 Å². The molecular weight excluding hydrogens is 368 g/mol. The van der Waals surface area contributed by atoms with Crippen LogP contribution >= 0.6 is 0 Å². The fourth-order valence-corrected chi connectivity index (χ4v) is 5.06. The molecule has 1 aromatic carbocycles. The Morgan fingerprint density at radius 2 is 1.79 bits per heavy atom. The monoisotopic (exact) mass is 394 g/mol. The molecule has 2 aromatic rings. The maximum absolute atomic E-state index is 5.48. The van der Waals surface area contributed by atoms with Gasteiger partial charge < -0.3 is 24.4 Å². The minimum Gasteiger partial charge on any atom is -0.454 e. The van der Waals surface area contributed by atoms with Crippen molar-refractivity contribution in [1.82, 2.24) is 15.1 Å². The fourth-order valence-electron chi connectivity index (χ4n) is 5.06. The Kier molecular flexibility index (Phi) is 4.31. The highest BCUT2D eigenvalue weighted by Gasteiger charge is 2.55. The molecule has 7 heteroatoms. The molecule has 152 valence electrons. The van der Waals surface area contributed by atoms with Gasteiger partial charge in [-0.1, -0.05) is 0 Å². The third-order valence-corrected chi connectivity index (χ3v) is 6.77. The van der Waals surface area contributed by atoms with Gasteiger partial charge in [0, 0.05) is 44.5 Å². The smallest absolute Gasteiger partial charge is 0.231 e. The van der Waals surface area contributed by atoms with Gasteiger partial charge in [0.2, 0.25) is 6.79 Å². The average molecular weight is 394 g/mol. The van der Waals surface area contributed by atoms with Gasteiger partial charge in [0.25, 0.3) is 0 Å². The summed E-state index contributed by atoms with van der Waals surface area (Å²) in [6, 6.07) is 10.5. The SMILES string of the molecule is c1cc2c(cc1-c1ccc(NC3[C@H]4CN(CC5CCOCC5)C[C@@H]34)nn1)OCO2. The summed E-state index contributed by atoms with van der Waals surface area (Å²) in [5.41, 5.74) is 1.83. The molecule has 0 radical (unpaired) electrons. The van der Waals surface area contributed by atoms with Crippen molar-refractivity contribution in [1.29, 1.82) is 0 Å². The molecule has 0 bridgehead atoms. The van der Waals surface area contributed by atoms with Gasteiger partial charge >= 0.3 is 0 Å². The first-order chi connectivity index (χ1) is 14.3. The fraction of sp³-hybridized carbons (Fsp3) is 0.545. The van der Waals surface area contributed by atoms with Gasteiger partial charge in [0.15, 0.2) is 11.5 Å². The lowest BCUT2D eigenvalue weighted by Crippen LogP contribution is -2.34. The Morgan fingerprint density at radius 3 is 2.59 bits per heavy atom. The van der Waals surface area contributed by atoms with Crippen LogP contribution in [-0.2, 0) is 4.74 Å². The Balaban J connectivity index is 1.03. The number of hydrogen-bond donors (Lipinski definition) is 1. The molecule has 0 spiro atoms. The number of aromatic nitrogens is 2. The zero-order valence-corrected chi connectivity index (χ0v) is 16.4. The molecule has 1 N–H and O–H groups in total. The number of fused-ring (bicyclic) bond motifs is 2. The van der Waals surface area contributed by atoms with Gasteiger partial charge in [0.1, 0.15) is 5.82 Å². The second kappa shape index (κ2) is 7.15. The molecule has 1 unspecified atom stereocenters. The van der Waals surface area contributed by atoms with Crippen molar-refractivity contribution in [3.05, 3.63) is 30.3 Å². The molecule has 2 saturated heterocycles. The number of nitrogens with zero attached hydrogens (tertiary/aromatic N) is 3. The second-order valence-electron chi connectivity index (χ2n) is 8.64. The van der Waals surface area contributed by atoms with E-state index in [0.29, 0.717) is 6.04 Å². The predicted octanol–water partition coefficient (Wildman–Crippen LogP) is 2.64. The molecule has 1 saturated carbocycles.